The van der Waals surface area contributed by atoms with E-state index in [1.54, 1.807) is 11.3 Å². The van der Waals surface area contributed by atoms with E-state index in [9.17, 15) is 4.79 Å². The monoisotopic (exact) mass is 350 g/mol. The maximum atomic E-state index is 13.4. The largest absolute Gasteiger partial charge is 0.342 e. The molecule has 4 heteroatoms. The molecule has 128 valence electrons. The third-order valence-electron chi connectivity index (χ3n) is 6.53. The number of ketones is 1. The second-order valence-electron chi connectivity index (χ2n) is 7.76. The van der Waals surface area contributed by atoms with Gasteiger partial charge in [0.2, 0.25) is 0 Å². The first kappa shape index (κ1) is 15.3. The van der Waals surface area contributed by atoms with Gasteiger partial charge in [-0.1, -0.05) is 43.7 Å². The molecule has 1 fully saturated rings. The Morgan fingerprint density at radius 3 is 2.68 bits per heavy atom. The fourth-order valence-electron chi connectivity index (χ4n) is 5.19. The summed E-state index contributed by atoms with van der Waals surface area (Å²) in [6.45, 7) is 2.20. The van der Waals surface area contributed by atoms with Gasteiger partial charge in [-0.25, -0.2) is 4.98 Å². The molecule has 0 radical (unpaired) electrons. The first-order valence-corrected chi connectivity index (χ1v) is 10.1. The summed E-state index contributed by atoms with van der Waals surface area (Å²) in [5.74, 6) is 1.30. The Morgan fingerprint density at radius 1 is 1.20 bits per heavy atom. The molecule has 1 spiro atoms. The van der Waals surface area contributed by atoms with E-state index in [0.29, 0.717) is 5.78 Å². The van der Waals surface area contributed by atoms with Gasteiger partial charge in [-0.3, -0.25) is 4.79 Å². The number of thiazole rings is 1. The van der Waals surface area contributed by atoms with Crippen molar-refractivity contribution in [3.8, 4) is 0 Å². The van der Waals surface area contributed by atoms with Gasteiger partial charge >= 0.3 is 0 Å². The molecule has 1 aliphatic heterocycles. The number of benzene rings is 1. The lowest BCUT2D eigenvalue weighted by Crippen LogP contribution is -2.46. The van der Waals surface area contributed by atoms with Crippen LogP contribution in [0.3, 0.4) is 0 Å². The zero-order chi connectivity index (χ0) is 17.1. The highest BCUT2D eigenvalue weighted by molar-refractivity contribution is 7.10. The summed E-state index contributed by atoms with van der Waals surface area (Å²) >= 11 is 1.67. The van der Waals surface area contributed by atoms with Crippen LogP contribution in [0.25, 0.3) is 0 Å². The molecule has 1 aromatic heterocycles. The Kier molecular flexibility index (Phi) is 3.23. The molecule has 0 saturated heterocycles. The van der Waals surface area contributed by atoms with Crippen molar-refractivity contribution in [3.63, 3.8) is 0 Å². The highest BCUT2D eigenvalue weighted by Crippen LogP contribution is 2.59. The summed E-state index contributed by atoms with van der Waals surface area (Å²) in [7, 11) is 0. The molecule has 1 saturated carbocycles. The summed E-state index contributed by atoms with van der Waals surface area (Å²) in [6.07, 6.45) is 6.23. The van der Waals surface area contributed by atoms with Crippen LogP contribution in [0.2, 0.25) is 0 Å². The normalized spacial score (nSPS) is 26.7. The van der Waals surface area contributed by atoms with Crippen LogP contribution >= 0.6 is 11.3 Å². The minimum absolute atomic E-state index is 0.215. The summed E-state index contributed by atoms with van der Waals surface area (Å²) in [5, 5.41) is 3.55. The van der Waals surface area contributed by atoms with Crippen molar-refractivity contribution >= 4 is 22.9 Å². The first-order chi connectivity index (χ1) is 12.2. The number of hydrogen-bond donors (Lipinski definition) is 1. The van der Waals surface area contributed by atoms with Gasteiger partial charge in [-0.15, -0.1) is 11.3 Å². The van der Waals surface area contributed by atoms with Crippen molar-refractivity contribution < 1.29 is 4.79 Å². The fourth-order valence-corrected chi connectivity index (χ4v) is 6.23. The molecule has 3 aliphatic rings. The fraction of sp³-hybridized carbons (Fsp3) is 0.429. The molecule has 0 amide bonds. The minimum Gasteiger partial charge on any atom is -0.342 e. The predicted molar refractivity (Wildman–Crippen MR) is 101 cm³/mol. The van der Waals surface area contributed by atoms with Crippen LogP contribution in [0.5, 0.6) is 0 Å². The van der Waals surface area contributed by atoms with Crippen LogP contribution in [-0.4, -0.2) is 10.8 Å². The van der Waals surface area contributed by atoms with Crippen molar-refractivity contribution in [2.24, 2.45) is 5.41 Å². The Morgan fingerprint density at radius 2 is 2.00 bits per heavy atom. The van der Waals surface area contributed by atoms with Crippen LogP contribution in [0, 0.1) is 5.41 Å². The van der Waals surface area contributed by atoms with Gasteiger partial charge in [0.1, 0.15) is 5.82 Å². The van der Waals surface area contributed by atoms with Crippen molar-refractivity contribution in [3.05, 3.63) is 57.6 Å². The number of rotatable bonds is 2. The number of hydrogen-bond acceptors (Lipinski definition) is 4. The van der Waals surface area contributed by atoms with Gasteiger partial charge in [0.15, 0.2) is 5.78 Å². The zero-order valence-electron chi connectivity index (χ0n) is 14.5. The lowest BCUT2D eigenvalue weighted by Gasteiger charge is -2.50. The molecule has 25 heavy (non-hydrogen) atoms. The van der Waals surface area contributed by atoms with Gasteiger partial charge < -0.3 is 5.32 Å². The Bertz CT molecular complexity index is 878. The molecule has 1 atom stereocenters. The van der Waals surface area contributed by atoms with Crippen LogP contribution in [0.15, 0.2) is 47.1 Å². The molecule has 5 rings (SSSR count). The standard InChI is InChI=1S/C21H22N2OS/c1-2-21(14-7-4-3-5-8-14)17-15(23-19-18(21)25-13-22-19)11-20(9-6-10-20)12-16(17)24/h3-5,7-8,13,23H,2,6,9-12H2,1H3. The van der Waals surface area contributed by atoms with E-state index in [4.69, 9.17) is 0 Å². The molecule has 2 aromatic rings. The summed E-state index contributed by atoms with van der Waals surface area (Å²) in [5.41, 5.74) is 5.14. The number of fused-ring (bicyclic) bond motifs is 1. The van der Waals surface area contributed by atoms with E-state index in [1.165, 1.54) is 29.7 Å². The Hall–Kier alpha value is -1.94. The average Bonchev–Trinajstić information content (AvgIpc) is 3.07. The SMILES string of the molecule is CCC1(c2ccccc2)C2=C(CC3(CCC3)CC2=O)Nc2ncsc21. The third-order valence-corrected chi connectivity index (χ3v) is 7.52. The quantitative estimate of drug-likeness (QED) is 0.824. The molecule has 0 bridgehead atoms. The van der Waals surface area contributed by atoms with Crippen LogP contribution < -0.4 is 5.32 Å². The molecular weight excluding hydrogens is 328 g/mol. The van der Waals surface area contributed by atoms with Crippen molar-refractivity contribution in [1.82, 2.24) is 4.98 Å². The van der Waals surface area contributed by atoms with Crippen molar-refractivity contribution in [2.75, 3.05) is 5.32 Å². The number of carbonyl (C=O) groups excluding carboxylic acids is 1. The van der Waals surface area contributed by atoms with Gasteiger partial charge in [0.25, 0.3) is 0 Å². The predicted octanol–water partition coefficient (Wildman–Crippen LogP) is 5.05. The molecule has 3 nitrogen and oxygen atoms in total. The maximum Gasteiger partial charge on any atom is 0.162 e. The summed E-state index contributed by atoms with van der Waals surface area (Å²) in [6, 6.07) is 10.5. The molecule has 2 aliphatic carbocycles. The Balaban J connectivity index is 1.77. The molecule has 1 N–H and O–H groups in total. The number of allylic oxidation sites excluding steroid dienone is 2. The minimum atomic E-state index is -0.346. The topological polar surface area (TPSA) is 42.0 Å². The highest BCUT2D eigenvalue weighted by atomic mass is 32.1. The second kappa shape index (κ2) is 5.28. The number of nitrogens with zero attached hydrogens (tertiary/aromatic N) is 1. The second-order valence-corrected chi connectivity index (χ2v) is 8.62. The zero-order valence-corrected chi connectivity index (χ0v) is 15.3. The van der Waals surface area contributed by atoms with Gasteiger partial charge in [-0.2, -0.15) is 0 Å². The molecular formula is C21H22N2OS. The van der Waals surface area contributed by atoms with Crippen LogP contribution in [0.1, 0.15) is 55.9 Å². The summed E-state index contributed by atoms with van der Waals surface area (Å²) < 4.78 is 0. The van der Waals surface area contributed by atoms with Crippen molar-refractivity contribution in [1.29, 1.82) is 0 Å². The van der Waals surface area contributed by atoms with Crippen LogP contribution in [-0.2, 0) is 10.2 Å². The smallest absolute Gasteiger partial charge is 0.162 e. The van der Waals surface area contributed by atoms with Gasteiger partial charge in [0, 0.05) is 17.7 Å². The molecule has 2 heterocycles. The number of carbonyl (C=O) groups is 1. The van der Waals surface area contributed by atoms with Gasteiger partial charge in [0.05, 0.1) is 15.8 Å². The van der Waals surface area contributed by atoms with Gasteiger partial charge in [-0.05, 0) is 36.7 Å². The number of aromatic nitrogens is 1. The number of Topliss-reactive ketones (excluding diaryl/α,β-unsaturated/α-hetero) is 1. The summed E-state index contributed by atoms with van der Waals surface area (Å²) in [4.78, 5) is 19.2. The number of anilines is 1. The first-order valence-electron chi connectivity index (χ1n) is 9.22. The third kappa shape index (κ3) is 1.97. The average molecular weight is 350 g/mol. The highest BCUT2D eigenvalue weighted by Gasteiger charge is 2.53. The molecule has 1 aromatic carbocycles. The van der Waals surface area contributed by atoms with E-state index in [-0.39, 0.29) is 10.8 Å². The number of nitrogens with one attached hydrogen (secondary N) is 1. The van der Waals surface area contributed by atoms with Crippen LogP contribution in [0.4, 0.5) is 5.82 Å². The van der Waals surface area contributed by atoms with E-state index >= 15 is 0 Å². The van der Waals surface area contributed by atoms with E-state index < -0.39 is 0 Å². The molecule has 1 unspecified atom stereocenters. The van der Waals surface area contributed by atoms with E-state index in [0.717, 1.165) is 36.4 Å². The maximum absolute atomic E-state index is 13.4. The van der Waals surface area contributed by atoms with E-state index in [1.807, 2.05) is 11.6 Å². The van der Waals surface area contributed by atoms with E-state index in [2.05, 4.69) is 41.5 Å². The van der Waals surface area contributed by atoms with Crippen molar-refractivity contribution in [2.45, 2.75) is 50.9 Å². The lowest BCUT2D eigenvalue weighted by atomic mass is 9.56. The Labute approximate surface area is 152 Å². The lowest BCUT2D eigenvalue weighted by molar-refractivity contribution is -0.121.